The van der Waals surface area contributed by atoms with E-state index in [1.807, 2.05) is 48.4 Å². The van der Waals surface area contributed by atoms with Crippen molar-refractivity contribution in [2.75, 3.05) is 26.2 Å². The Morgan fingerprint density at radius 2 is 1.55 bits per heavy atom. The zero-order chi connectivity index (χ0) is 46.0. The number of fused-ring (bicyclic) bond motifs is 4. The third-order valence-electron chi connectivity index (χ3n) is 12.7. The normalized spacial score (nSPS) is 18.0. The summed E-state index contributed by atoms with van der Waals surface area (Å²) in [5.41, 5.74) is 6.15. The summed E-state index contributed by atoms with van der Waals surface area (Å²) in [7, 11) is 0. The van der Waals surface area contributed by atoms with Crippen molar-refractivity contribution in [3.8, 4) is 11.3 Å². The molecule has 1 unspecified atom stereocenters. The fourth-order valence-electron chi connectivity index (χ4n) is 9.34. The summed E-state index contributed by atoms with van der Waals surface area (Å²) in [6.45, 7) is 8.74. The number of azo groups is 1. The smallest absolute Gasteiger partial charge is 0.262 e. The van der Waals surface area contributed by atoms with Crippen molar-refractivity contribution in [2.45, 2.75) is 71.5 Å². The van der Waals surface area contributed by atoms with E-state index in [4.69, 9.17) is 0 Å². The average Bonchev–Trinajstić information content (AvgIpc) is 3.76. The number of imide groups is 2. The van der Waals surface area contributed by atoms with Gasteiger partial charge >= 0.3 is 0 Å². The quantitative estimate of drug-likeness (QED) is 0.165. The maximum Gasteiger partial charge on any atom is 0.262 e. The highest BCUT2D eigenvalue weighted by Crippen LogP contribution is 2.37. The number of amides is 5. The van der Waals surface area contributed by atoms with Crippen LogP contribution in [-0.4, -0.2) is 101 Å². The minimum Gasteiger partial charge on any atom is -0.336 e. The summed E-state index contributed by atoms with van der Waals surface area (Å²) in [4.78, 5) is 87.5. The number of nitrogens with zero attached hydrogens (tertiary/aromatic N) is 10. The second kappa shape index (κ2) is 16.8. The largest absolute Gasteiger partial charge is 0.336 e. The molecule has 2 saturated heterocycles. The van der Waals surface area contributed by atoms with E-state index in [1.165, 1.54) is 12.1 Å². The van der Waals surface area contributed by atoms with Crippen LogP contribution in [0.5, 0.6) is 0 Å². The van der Waals surface area contributed by atoms with Crippen LogP contribution in [-0.2, 0) is 35.4 Å². The summed E-state index contributed by atoms with van der Waals surface area (Å²) in [6, 6.07) is 14.4. The molecule has 4 aliphatic heterocycles. The average molecular weight is 892 g/mol. The van der Waals surface area contributed by atoms with Crippen LogP contribution in [0.3, 0.4) is 0 Å². The molecule has 4 aliphatic rings. The minimum absolute atomic E-state index is 0.00467. The summed E-state index contributed by atoms with van der Waals surface area (Å²) >= 11 is 0. The molecule has 6 aromatic rings. The van der Waals surface area contributed by atoms with Crippen molar-refractivity contribution < 1.29 is 32.8 Å². The third kappa shape index (κ3) is 7.80. The Balaban J connectivity index is 0.759. The van der Waals surface area contributed by atoms with E-state index in [2.05, 4.69) is 40.4 Å². The molecule has 10 rings (SSSR count). The Morgan fingerprint density at radius 1 is 0.803 bits per heavy atom. The number of carbonyl (C=O) groups is 5. The number of hydrogen-bond acceptors (Lipinski definition) is 12. The van der Waals surface area contributed by atoms with E-state index in [9.17, 15) is 24.0 Å². The Kier molecular flexibility index (Phi) is 10.8. The van der Waals surface area contributed by atoms with Gasteiger partial charge in [0.1, 0.15) is 28.9 Å². The molecule has 1 N–H and O–H groups in total. The summed E-state index contributed by atoms with van der Waals surface area (Å²) < 4.78 is 32.2. The van der Waals surface area contributed by atoms with Crippen molar-refractivity contribution in [1.82, 2.24) is 44.5 Å². The predicted octanol–water partition coefficient (Wildman–Crippen LogP) is 6.52. The van der Waals surface area contributed by atoms with Gasteiger partial charge in [-0.25, -0.2) is 23.7 Å². The van der Waals surface area contributed by atoms with Gasteiger partial charge in [-0.1, -0.05) is 12.1 Å². The van der Waals surface area contributed by atoms with E-state index in [0.29, 0.717) is 90.9 Å². The van der Waals surface area contributed by atoms with Crippen LogP contribution >= 0.6 is 0 Å². The van der Waals surface area contributed by atoms with Crippen LogP contribution in [0.25, 0.3) is 22.3 Å². The molecule has 7 heterocycles. The predicted molar refractivity (Wildman–Crippen MR) is 235 cm³/mol. The topological polar surface area (TPSA) is 188 Å². The molecule has 0 bridgehead atoms. The van der Waals surface area contributed by atoms with Crippen molar-refractivity contribution >= 4 is 51.9 Å². The van der Waals surface area contributed by atoms with Crippen molar-refractivity contribution in [3.05, 3.63) is 129 Å². The van der Waals surface area contributed by atoms with E-state index < -0.39 is 41.3 Å². The zero-order valence-corrected chi connectivity index (χ0v) is 36.3. The highest BCUT2D eigenvalue weighted by atomic mass is 19.1. The van der Waals surface area contributed by atoms with Gasteiger partial charge in [0, 0.05) is 68.2 Å². The molecule has 334 valence electrons. The molecule has 3 aromatic heterocycles. The third-order valence-corrected chi connectivity index (χ3v) is 12.7. The Morgan fingerprint density at radius 3 is 2.27 bits per heavy atom. The number of hydrogen-bond donors (Lipinski definition) is 1. The van der Waals surface area contributed by atoms with E-state index in [0.717, 1.165) is 27.8 Å². The molecule has 18 heteroatoms. The maximum absolute atomic E-state index is 15.2. The number of piperazine rings is 1. The monoisotopic (exact) mass is 891 g/mol. The van der Waals surface area contributed by atoms with Crippen LogP contribution in [0.15, 0.2) is 77.2 Å². The number of piperidine rings is 1. The first-order chi connectivity index (χ1) is 31.8. The molecule has 3 aromatic carbocycles. The molecule has 1 atom stereocenters. The van der Waals surface area contributed by atoms with Gasteiger partial charge in [-0.2, -0.15) is 10.2 Å². The highest BCUT2D eigenvalue weighted by Gasteiger charge is 2.45. The molecule has 16 nitrogen and oxygen atoms in total. The van der Waals surface area contributed by atoms with Crippen molar-refractivity contribution in [3.63, 3.8) is 0 Å². The number of pyridine rings is 1. The molecule has 0 spiro atoms. The Labute approximate surface area is 376 Å². The second-order valence-electron chi connectivity index (χ2n) is 17.4. The lowest BCUT2D eigenvalue weighted by Crippen LogP contribution is -2.54. The van der Waals surface area contributed by atoms with E-state index in [1.54, 1.807) is 30.5 Å². The van der Waals surface area contributed by atoms with E-state index >= 15 is 8.78 Å². The number of aryl methyl sites for hydroxylation is 3. The Bertz CT molecular complexity index is 3070. The standard InChI is InChI=1S/C48H43F2N11O5/c1-25(2)60-26(3)53-44-35(49)17-31(19-40(44)60)43-36(50)23-52-41(54-43)20-32-9-4-27(22-51-32)24-58-12-14-59(15-13-58)46(64)30-8-6-28-5-7-29-16-33-34(21-38(29)57-56-37(28)18-30)48(66)61(47(33)65)39-10-11-42(62)55-45(39)63/h4,6,8-9,16-19,21-23,25,39H,5,7,10-15,20,24H2,1-3H3,(H,55,62,63)/b57-56-. The van der Waals surface area contributed by atoms with Crippen LogP contribution in [0.1, 0.15) is 97.8 Å². The molecular weight excluding hydrogens is 849 g/mol. The SMILES string of the molecule is Cc1nc2c(F)cc(-c3nc(Cc4ccc(CN5CCN(C(=O)c6ccc7c(c6)/N=N\c6cc8c(cc6CC7)C(=O)N(C6CCC(=O)NC6=O)C8=O)CC5)cn4)ncc3F)cc2n1C(C)C. The van der Waals surface area contributed by atoms with Gasteiger partial charge < -0.3 is 9.47 Å². The molecule has 0 aliphatic carbocycles. The van der Waals surface area contributed by atoms with Crippen LogP contribution in [0.2, 0.25) is 0 Å². The highest BCUT2D eigenvalue weighted by molar-refractivity contribution is 6.24. The lowest BCUT2D eigenvalue weighted by molar-refractivity contribution is -0.136. The first-order valence-corrected chi connectivity index (χ1v) is 21.9. The molecular formula is C48H43F2N11O5. The van der Waals surface area contributed by atoms with E-state index in [-0.39, 0.29) is 53.5 Å². The van der Waals surface area contributed by atoms with Crippen LogP contribution in [0.4, 0.5) is 20.2 Å². The molecule has 2 fully saturated rings. The number of benzene rings is 3. The lowest BCUT2D eigenvalue weighted by atomic mass is 9.96. The second-order valence-corrected chi connectivity index (χ2v) is 17.4. The first kappa shape index (κ1) is 42.5. The van der Waals surface area contributed by atoms with Gasteiger partial charge in [0.2, 0.25) is 11.8 Å². The summed E-state index contributed by atoms with van der Waals surface area (Å²) in [5, 5.41) is 11.2. The number of imidazole rings is 1. The first-order valence-electron chi connectivity index (χ1n) is 21.9. The minimum atomic E-state index is -1.07. The number of rotatable bonds is 8. The number of aromatic nitrogens is 5. The maximum atomic E-state index is 15.2. The van der Waals surface area contributed by atoms with Gasteiger partial charge in [0.25, 0.3) is 17.7 Å². The number of carbonyl (C=O) groups excluding carboxylic acids is 5. The van der Waals surface area contributed by atoms with Gasteiger partial charge in [-0.3, -0.25) is 44.1 Å². The lowest BCUT2D eigenvalue weighted by Gasteiger charge is -2.34. The van der Waals surface area contributed by atoms with Crippen molar-refractivity contribution in [1.29, 1.82) is 0 Å². The Hall–Kier alpha value is -7.47. The van der Waals surface area contributed by atoms with Crippen LogP contribution in [0, 0.1) is 18.6 Å². The number of nitrogens with one attached hydrogen (secondary N) is 1. The zero-order valence-electron chi connectivity index (χ0n) is 36.3. The fourth-order valence-corrected chi connectivity index (χ4v) is 9.34. The number of halogens is 2. The molecule has 0 saturated carbocycles. The van der Waals surface area contributed by atoms with Gasteiger partial charge in [-0.05, 0) is 99.2 Å². The van der Waals surface area contributed by atoms with Crippen molar-refractivity contribution in [2.24, 2.45) is 10.2 Å². The molecule has 66 heavy (non-hydrogen) atoms. The molecule has 5 amide bonds. The van der Waals surface area contributed by atoms with Gasteiger partial charge in [0.15, 0.2) is 11.6 Å². The van der Waals surface area contributed by atoms with Crippen LogP contribution < -0.4 is 5.32 Å². The van der Waals surface area contributed by atoms with Gasteiger partial charge in [-0.15, -0.1) is 0 Å². The van der Waals surface area contributed by atoms with Gasteiger partial charge in [0.05, 0.1) is 40.6 Å². The summed E-state index contributed by atoms with van der Waals surface area (Å²) in [5.74, 6) is -2.62. The fraction of sp³-hybridized carbons (Fsp3) is 0.312. The summed E-state index contributed by atoms with van der Waals surface area (Å²) in [6.07, 6.45) is 4.29. The molecule has 0 radical (unpaired) electrons.